The second kappa shape index (κ2) is 7.00. The number of hydrogen-bond acceptors (Lipinski definition) is 3. The van der Waals surface area contributed by atoms with Gasteiger partial charge in [0.2, 0.25) is 0 Å². The molecule has 10 heteroatoms. The average molecular weight is 370 g/mol. The van der Waals surface area contributed by atoms with Crippen molar-refractivity contribution in [1.82, 2.24) is 29.5 Å². The minimum Gasteiger partial charge on any atom is -0.334 e. The first kappa shape index (κ1) is 18.3. The van der Waals surface area contributed by atoms with Gasteiger partial charge in [-0.25, -0.2) is 9.78 Å². The Balaban J connectivity index is 1.53. The maximum Gasteiger partial charge on any atom is 0.434 e. The van der Waals surface area contributed by atoms with Crippen LogP contribution in [0.1, 0.15) is 23.6 Å². The number of nitrogens with zero attached hydrogens (tertiary/aromatic N) is 5. The van der Waals surface area contributed by atoms with E-state index in [0.29, 0.717) is 38.3 Å². The Morgan fingerprint density at radius 1 is 1.46 bits per heavy atom. The first-order valence-corrected chi connectivity index (χ1v) is 8.33. The van der Waals surface area contributed by atoms with Crippen molar-refractivity contribution in [2.24, 2.45) is 13.0 Å². The third-order valence-corrected chi connectivity index (χ3v) is 4.60. The van der Waals surface area contributed by atoms with E-state index >= 15 is 0 Å². The minimum atomic E-state index is -4.43. The number of halogens is 3. The number of imidazole rings is 1. The highest BCUT2D eigenvalue weighted by molar-refractivity contribution is 5.73. The summed E-state index contributed by atoms with van der Waals surface area (Å²) in [6.45, 7) is 1.26. The molecule has 2 amide bonds. The standard InChI is InChI=1S/C16H21F3N6O/c1-23(15(26)20-7-12-5-6-21-24(12)2)8-11-3-4-14-22-13(16(17,18)19)10-25(14)9-11/h5-6,10-11H,3-4,7-9H2,1-2H3,(H,20,26)/t11-/m0/s1. The van der Waals surface area contributed by atoms with Crippen molar-refractivity contribution in [3.63, 3.8) is 0 Å². The van der Waals surface area contributed by atoms with Gasteiger partial charge in [0, 0.05) is 46.0 Å². The molecule has 0 aromatic carbocycles. The van der Waals surface area contributed by atoms with Gasteiger partial charge in [0.25, 0.3) is 0 Å². The van der Waals surface area contributed by atoms with E-state index in [1.54, 1.807) is 34.4 Å². The Morgan fingerprint density at radius 2 is 2.23 bits per heavy atom. The maximum atomic E-state index is 12.8. The summed E-state index contributed by atoms with van der Waals surface area (Å²) < 4.78 is 41.6. The van der Waals surface area contributed by atoms with Crippen LogP contribution in [0.15, 0.2) is 18.5 Å². The Hall–Kier alpha value is -2.52. The van der Waals surface area contributed by atoms with E-state index in [-0.39, 0.29) is 11.9 Å². The van der Waals surface area contributed by atoms with Crippen molar-refractivity contribution < 1.29 is 18.0 Å². The van der Waals surface area contributed by atoms with Gasteiger partial charge in [-0.05, 0) is 18.4 Å². The molecule has 1 atom stereocenters. The van der Waals surface area contributed by atoms with Crippen molar-refractivity contribution >= 4 is 6.03 Å². The smallest absolute Gasteiger partial charge is 0.334 e. The van der Waals surface area contributed by atoms with Crippen LogP contribution in [0.4, 0.5) is 18.0 Å². The highest BCUT2D eigenvalue weighted by Crippen LogP contribution is 2.30. The van der Waals surface area contributed by atoms with E-state index in [9.17, 15) is 18.0 Å². The highest BCUT2D eigenvalue weighted by atomic mass is 19.4. The van der Waals surface area contributed by atoms with Crippen molar-refractivity contribution in [1.29, 1.82) is 0 Å². The van der Waals surface area contributed by atoms with Gasteiger partial charge in [-0.15, -0.1) is 0 Å². The number of amides is 2. The number of aromatic nitrogens is 4. The third kappa shape index (κ3) is 4.00. The Bertz CT molecular complexity index is 781. The first-order valence-electron chi connectivity index (χ1n) is 8.33. The Labute approximate surface area is 148 Å². The number of alkyl halides is 3. The maximum absolute atomic E-state index is 12.8. The minimum absolute atomic E-state index is 0.0882. The molecule has 2 aromatic heterocycles. The van der Waals surface area contributed by atoms with E-state index in [1.807, 2.05) is 6.07 Å². The van der Waals surface area contributed by atoms with Crippen LogP contribution < -0.4 is 5.32 Å². The number of urea groups is 1. The molecule has 3 rings (SSSR count). The Morgan fingerprint density at radius 3 is 2.88 bits per heavy atom. The summed E-state index contributed by atoms with van der Waals surface area (Å²) in [6, 6.07) is 1.60. The van der Waals surface area contributed by atoms with Gasteiger partial charge in [0.05, 0.1) is 12.2 Å². The molecule has 0 bridgehead atoms. The molecule has 1 N–H and O–H groups in total. The zero-order valence-electron chi connectivity index (χ0n) is 14.6. The molecular formula is C16H21F3N6O. The molecule has 142 valence electrons. The van der Waals surface area contributed by atoms with E-state index in [4.69, 9.17) is 0 Å². The molecule has 26 heavy (non-hydrogen) atoms. The fourth-order valence-electron chi connectivity index (χ4n) is 3.15. The summed E-state index contributed by atoms with van der Waals surface area (Å²) in [5.74, 6) is 0.544. The van der Waals surface area contributed by atoms with Gasteiger partial charge < -0.3 is 14.8 Å². The van der Waals surface area contributed by atoms with Crippen molar-refractivity contribution in [3.8, 4) is 0 Å². The normalized spacial score (nSPS) is 17.0. The topological polar surface area (TPSA) is 68.0 Å². The molecule has 1 aliphatic rings. The van der Waals surface area contributed by atoms with Gasteiger partial charge >= 0.3 is 12.2 Å². The number of fused-ring (bicyclic) bond motifs is 1. The van der Waals surface area contributed by atoms with Crippen molar-refractivity contribution in [3.05, 3.63) is 35.7 Å². The second-order valence-corrected chi connectivity index (χ2v) is 6.58. The molecule has 0 aliphatic carbocycles. The van der Waals surface area contributed by atoms with Crippen LogP contribution in [0.25, 0.3) is 0 Å². The van der Waals surface area contributed by atoms with Crippen molar-refractivity contribution in [2.75, 3.05) is 13.6 Å². The van der Waals surface area contributed by atoms with E-state index in [2.05, 4.69) is 15.4 Å². The van der Waals surface area contributed by atoms with Crippen LogP contribution in [-0.4, -0.2) is 43.9 Å². The molecule has 0 radical (unpaired) electrons. The number of hydrogen-bond donors (Lipinski definition) is 1. The molecule has 0 unspecified atom stereocenters. The molecule has 2 aromatic rings. The van der Waals surface area contributed by atoms with Crippen LogP contribution in [-0.2, 0) is 32.7 Å². The largest absolute Gasteiger partial charge is 0.434 e. The van der Waals surface area contributed by atoms with E-state index in [1.165, 1.54) is 0 Å². The number of aryl methyl sites for hydroxylation is 2. The molecule has 1 aliphatic heterocycles. The molecular weight excluding hydrogens is 349 g/mol. The fraction of sp³-hybridized carbons (Fsp3) is 0.562. The number of carbonyl (C=O) groups is 1. The Kier molecular flexibility index (Phi) is 4.92. The van der Waals surface area contributed by atoms with Crippen LogP contribution in [0.2, 0.25) is 0 Å². The second-order valence-electron chi connectivity index (χ2n) is 6.58. The zero-order chi connectivity index (χ0) is 18.9. The van der Waals surface area contributed by atoms with Crippen LogP contribution in [0.5, 0.6) is 0 Å². The molecule has 3 heterocycles. The SMILES string of the molecule is CN(C[C@@H]1CCc2nc(C(F)(F)F)cn2C1)C(=O)NCc1ccnn1C. The number of carbonyl (C=O) groups excluding carboxylic acids is 1. The summed E-state index contributed by atoms with van der Waals surface area (Å²) >= 11 is 0. The molecule has 0 spiro atoms. The summed E-state index contributed by atoms with van der Waals surface area (Å²) in [4.78, 5) is 17.5. The summed E-state index contributed by atoms with van der Waals surface area (Å²) in [6.07, 6.45) is -0.531. The summed E-state index contributed by atoms with van der Waals surface area (Å²) in [5.41, 5.74) is 0.0302. The lowest BCUT2D eigenvalue weighted by molar-refractivity contribution is -0.141. The van der Waals surface area contributed by atoms with E-state index in [0.717, 1.165) is 11.9 Å². The van der Waals surface area contributed by atoms with Gasteiger partial charge in [-0.2, -0.15) is 18.3 Å². The summed E-state index contributed by atoms with van der Waals surface area (Å²) in [5, 5.41) is 6.85. The third-order valence-electron chi connectivity index (χ3n) is 4.60. The quantitative estimate of drug-likeness (QED) is 0.896. The van der Waals surface area contributed by atoms with Gasteiger partial charge in [0.15, 0.2) is 5.69 Å². The number of nitrogens with one attached hydrogen (secondary N) is 1. The van der Waals surface area contributed by atoms with Crippen LogP contribution in [0, 0.1) is 5.92 Å². The molecule has 0 saturated carbocycles. The average Bonchev–Trinajstić information content (AvgIpc) is 3.17. The molecule has 0 saturated heterocycles. The molecule has 7 nitrogen and oxygen atoms in total. The van der Waals surface area contributed by atoms with Gasteiger partial charge in [0.1, 0.15) is 5.82 Å². The summed E-state index contributed by atoms with van der Waals surface area (Å²) in [7, 11) is 3.48. The van der Waals surface area contributed by atoms with Crippen LogP contribution in [0.3, 0.4) is 0 Å². The monoisotopic (exact) mass is 370 g/mol. The van der Waals surface area contributed by atoms with E-state index < -0.39 is 11.9 Å². The zero-order valence-corrected chi connectivity index (χ0v) is 14.6. The predicted molar refractivity (Wildman–Crippen MR) is 87.1 cm³/mol. The number of rotatable bonds is 4. The highest BCUT2D eigenvalue weighted by Gasteiger charge is 2.36. The lowest BCUT2D eigenvalue weighted by Gasteiger charge is -2.28. The van der Waals surface area contributed by atoms with Crippen molar-refractivity contribution in [2.45, 2.75) is 32.1 Å². The van der Waals surface area contributed by atoms with Crippen LogP contribution >= 0.6 is 0 Å². The first-order chi connectivity index (χ1) is 12.2. The predicted octanol–water partition coefficient (Wildman–Crippen LogP) is 2.04. The van der Waals surface area contributed by atoms with Gasteiger partial charge in [-0.1, -0.05) is 0 Å². The fourth-order valence-corrected chi connectivity index (χ4v) is 3.15. The lowest BCUT2D eigenvalue weighted by atomic mass is 9.99. The molecule has 0 fully saturated rings. The van der Waals surface area contributed by atoms with Gasteiger partial charge in [-0.3, -0.25) is 4.68 Å². The lowest BCUT2D eigenvalue weighted by Crippen LogP contribution is -2.41.